The number of benzene rings is 1. The van der Waals surface area contributed by atoms with Gasteiger partial charge < -0.3 is 0 Å². The van der Waals surface area contributed by atoms with Crippen LogP contribution in [0.1, 0.15) is 22.8 Å². The van der Waals surface area contributed by atoms with Crippen LogP contribution < -0.4 is 0 Å². The number of nitrogens with zero attached hydrogens (tertiary/aromatic N) is 1. The molecule has 0 aliphatic carbocycles. The number of rotatable bonds is 1. The van der Waals surface area contributed by atoms with Crippen LogP contribution in [0.2, 0.25) is 0 Å². The molecule has 0 spiro atoms. The van der Waals surface area contributed by atoms with Crippen molar-refractivity contribution in [1.29, 1.82) is 5.26 Å². The average Bonchev–Trinajstić information content (AvgIpc) is 2.03. The summed E-state index contributed by atoms with van der Waals surface area (Å²) >= 11 is 1.99. The zero-order valence-electron chi connectivity index (χ0n) is 6.66. The van der Waals surface area contributed by atoms with Crippen LogP contribution in [0, 0.1) is 11.3 Å². The van der Waals surface area contributed by atoms with E-state index in [-0.39, 0.29) is 0 Å². The van der Waals surface area contributed by atoms with Crippen LogP contribution in [0.5, 0.6) is 0 Å². The van der Waals surface area contributed by atoms with Gasteiger partial charge in [0.2, 0.25) is 0 Å². The van der Waals surface area contributed by atoms with Gasteiger partial charge in [-0.2, -0.15) is 17.0 Å². The smallest absolute Gasteiger partial charge is 0.0991 e. The first-order valence-electron chi connectivity index (χ1n) is 4.02. The van der Waals surface area contributed by atoms with Crippen LogP contribution in [0.4, 0.5) is 0 Å². The van der Waals surface area contributed by atoms with E-state index in [0.29, 0.717) is 5.25 Å². The fourth-order valence-electron chi connectivity index (χ4n) is 1.27. The van der Waals surface area contributed by atoms with Crippen molar-refractivity contribution in [2.45, 2.75) is 11.7 Å². The molecule has 1 saturated heterocycles. The van der Waals surface area contributed by atoms with Crippen molar-refractivity contribution in [3.63, 3.8) is 0 Å². The molecule has 0 radical (unpaired) electrons. The molecule has 1 aliphatic heterocycles. The zero-order valence-corrected chi connectivity index (χ0v) is 7.47. The van der Waals surface area contributed by atoms with Crippen LogP contribution in [0.25, 0.3) is 0 Å². The summed E-state index contributed by atoms with van der Waals surface area (Å²) in [6.45, 7) is 0. The Morgan fingerprint density at radius 3 is 2.42 bits per heavy atom. The van der Waals surface area contributed by atoms with Gasteiger partial charge in [-0.25, -0.2) is 0 Å². The third kappa shape index (κ3) is 1.33. The molecular formula is C10H9NS. The maximum Gasteiger partial charge on any atom is 0.0991 e. The molecule has 1 fully saturated rings. The van der Waals surface area contributed by atoms with E-state index in [4.69, 9.17) is 5.26 Å². The molecule has 0 saturated carbocycles. The predicted octanol–water partition coefficient (Wildman–Crippen LogP) is 2.74. The maximum absolute atomic E-state index is 8.58. The fourth-order valence-corrected chi connectivity index (χ4v) is 2.09. The summed E-state index contributed by atoms with van der Waals surface area (Å²) in [5.74, 6) is 1.28. The lowest BCUT2D eigenvalue weighted by atomic mass is 10.1. The first-order valence-corrected chi connectivity index (χ1v) is 5.07. The van der Waals surface area contributed by atoms with E-state index in [2.05, 4.69) is 18.2 Å². The first kappa shape index (κ1) is 7.70. The minimum absolute atomic E-state index is 0.692. The Morgan fingerprint density at radius 1 is 1.33 bits per heavy atom. The molecule has 1 atom stereocenters. The fraction of sp³-hybridized carbons (Fsp3) is 0.300. The normalized spacial score (nSPS) is 21.1. The first-order chi connectivity index (χ1) is 5.90. The predicted molar refractivity (Wildman–Crippen MR) is 51.0 cm³/mol. The molecule has 0 aromatic heterocycles. The van der Waals surface area contributed by atoms with Gasteiger partial charge in [0, 0.05) is 5.25 Å². The minimum Gasteiger partial charge on any atom is -0.192 e. The van der Waals surface area contributed by atoms with Crippen LogP contribution in [0.15, 0.2) is 24.3 Å². The lowest BCUT2D eigenvalue weighted by Crippen LogP contribution is -2.06. The molecule has 2 heteroatoms. The van der Waals surface area contributed by atoms with Gasteiger partial charge >= 0.3 is 0 Å². The largest absolute Gasteiger partial charge is 0.192 e. The van der Waals surface area contributed by atoms with Gasteiger partial charge in [0.1, 0.15) is 0 Å². The van der Waals surface area contributed by atoms with Gasteiger partial charge in [-0.3, -0.25) is 0 Å². The standard InChI is InChI=1S/C10H9NS/c11-7-8-1-3-9(4-2-8)10-5-6-12-10/h1-4,10H,5-6H2. The van der Waals surface area contributed by atoms with Crippen LogP contribution >= 0.6 is 11.8 Å². The number of hydrogen-bond acceptors (Lipinski definition) is 2. The van der Waals surface area contributed by atoms with Crippen molar-refractivity contribution in [2.24, 2.45) is 0 Å². The highest BCUT2D eigenvalue weighted by Gasteiger charge is 2.19. The Labute approximate surface area is 76.4 Å². The molecule has 1 unspecified atom stereocenters. The van der Waals surface area contributed by atoms with E-state index < -0.39 is 0 Å². The lowest BCUT2D eigenvalue weighted by molar-refractivity contribution is 0.849. The summed E-state index contributed by atoms with van der Waals surface area (Å²) in [7, 11) is 0. The van der Waals surface area contributed by atoms with Crippen molar-refractivity contribution in [1.82, 2.24) is 0 Å². The van der Waals surface area contributed by atoms with Gasteiger partial charge in [0.25, 0.3) is 0 Å². The van der Waals surface area contributed by atoms with E-state index in [1.165, 1.54) is 17.7 Å². The van der Waals surface area contributed by atoms with E-state index in [9.17, 15) is 0 Å². The second-order valence-corrected chi connectivity index (χ2v) is 4.19. The van der Waals surface area contributed by atoms with Gasteiger partial charge in [0.05, 0.1) is 11.6 Å². The average molecular weight is 175 g/mol. The molecule has 60 valence electrons. The Hall–Kier alpha value is -0.940. The number of hydrogen-bond donors (Lipinski definition) is 0. The van der Waals surface area contributed by atoms with E-state index in [1.807, 2.05) is 23.9 Å². The quantitative estimate of drug-likeness (QED) is 0.655. The Morgan fingerprint density at radius 2 is 2.00 bits per heavy atom. The molecule has 0 bridgehead atoms. The molecule has 1 heterocycles. The second-order valence-electron chi connectivity index (χ2n) is 2.88. The molecule has 1 nitrogen and oxygen atoms in total. The second kappa shape index (κ2) is 3.20. The minimum atomic E-state index is 0.692. The highest BCUT2D eigenvalue weighted by atomic mass is 32.2. The summed E-state index contributed by atoms with van der Waals surface area (Å²) in [6, 6.07) is 10.0. The lowest BCUT2D eigenvalue weighted by Gasteiger charge is -2.25. The monoisotopic (exact) mass is 175 g/mol. The van der Waals surface area contributed by atoms with Crippen LogP contribution in [0.3, 0.4) is 0 Å². The zero-order chi connectivity index (χ0) is 8.39. The Bertz CT molecular complexity index is 306. The molecule has 1 aromatic rings. The third-order valence-corrected chi connectivity index (χ3v) is 3.49. The van der Waals surface area contributed by atoms with Crippen molar-refractivity contribution in [3.8, 4) is 6.07 Å². The van der Waals surface area contributed by atoms with E-state index in [1.54, 1.807) is 0 Å². The molecule has 0 N–H and O–H groups in total. The van der Waals surface area contributed by atoms with E-state index >= 15 is 0 Å². The molecular weight excluding hydrogens is 166 g/mol. The number of nitriles is 1. The van der Waals surface area contributed by atoms with Crippen LogP contribution in [-0.4, -0.2) is 5.75 Å². The van der Waals surface area contributed by atoms with E-state index in [0.717, 1.165) is 5.56 Å². The summed E-state index contributed by atoms with van der Waals surface area (Å²) in [6.07, 6.45) is 1.29. The van der Waals surface area contributed by atoms with Gasteiger partial charge in [-0.1, -0.05) is 12.1 Å². The molecule has 2 rings (SSSR count). The SMILES string of the molecule is N#Cc1ccc(C2CCS2)cc1. The van der Waals surface area contributed by atoms with Gasteiger partial charge in [0.15, 0.2) is 0 Å². The Balaban J connectivity index is 2.19. The van der Waals surface area contributed by atoms with Crippen LogP contribution in [-0.2, 0) is 0 Å². The molecule has 1 aliphatic rings. The third-order valence-electron chi connectivity index (χ3n) is 2.11. The summed E-state index contributed by atoms with van der Waals surface area (Å²) in [5, 5.41) is 9.28. The van der Waals surface area contributed by atoms with Gasteiger partial charge in [-0.05, 0) is 29.9 Å². The summed E-state index contributed by atoms with van der Waals surface area (Å²) in [5.41, 5.74) is 2.12. The number of thioether (sulfide) groups is 1. The highest BCUT2D eigenvalue weighted by molar-refractivity contribution is 8.00. The maximum atomic E-state index is 8.58. The highest BCUT2D eigenvalue weighted by Crippen LogP contribution is 2.41. The topological polar surface area (TPSA) is 23.8 Å². The summed E-state index contributed by atoms with van der Waals surface area (Å²) < 4.78 is 0. The molecule has 0 amide bonds. The molecule has 12 heavy (non-hydrogen) atoms. The Kier molecular flexibility index (Phi) is 2.05. The summed E-state index contributed by atoms with van der Waals surface area (Å²) in [4.78, 5) is 0. The van der Waals surface area contributed by atoms with Gasteiger partial charge in [-0.15, -0.1) is 0 Å². The van der Waals surface area contributed by atoms with Crippen molar-refractivity contribution in [3.05, 3.63) is 35.4 Å². The van der Waals surface area contributed by atoms with Crippen molar-refractivity contribution < 1.29 is 0 Å². The van der Waals surface area contributed by atoms with Crippen molar-refractivity contribution >= 4 is 11.8 Å². The van der Waals surface area contributed by atoms with Crippen molar-refractivity contribution in [2.75, 3.05) is 5.75 Å². The molecule has 1 aromatic carbocycles.